The van der Waals surface area contributed by atoms with Gasteiger partial charge in [0.15, 0.2) is 0 Å². The van der Waals surface area contributed by atoms with Crippen LogP contribution in [0.1, 0.15) is 11.5 Å². The molecular formula is C11H17N3O. The highest BCUT2D eigenvalue weighted by Crippen LogP contribution is 2.15. The topological polar surface area (TPSA) is 58.4 Å². The molecule has 1 aromatic rings. The van der Waals surface area contributed by atoms with Crippen molar-refractivity contribution in [3.05, 3.63) is 35.9 Å². The van der Waals surface area contributed by atoms with Gasteiger partial charge in [0.1, 0.15) is 0 Å². The number of nitrogens with two attached hydrogens (primary N) is 1. The molecule has 0 fully saturated rings. The maximum absolute atomic E-state index is 11.6. The van der Waals surface area contributed by atoms with Crippen LogP contribution in [0, 0.1) is 0 Å². The van der Waals surface area contributed by atoms with Gasteiger partial charge in [0.25, 0.3) is 0 Å². The first kappa shape index (κ1) is 11.7. The second-order valence-electron chi connectivity index (χ2n) is 3.73. The molecule has 1 unspecified atom stereocenters. The molecule has 15 heavy (non-hydrogen) atoms. The van der Waals surface area contributed by atoms with Crippen LogP contribution in [0.25, 0.3) is 0 Å². The molecule has 0 spiro atoms. The monoisotopic (exact) mass is 207 g/mol. The Morgan fingerprint density at radius 1 is 1.40 bits per heavy atom. The van der Waals surface area contributed by atoms with Gasteiger partial charge in [0, 0.05) is 6.54 Å². The molecule has 4 nitrogen and oxygen atoms in total. The van der Waals surface area contributed by atoms with E-state index in [9.17, 15) is 4.79 Å². The van der Waals surface area contributed by atoms with E-state index in [0.29, 0.717) is 6.54 Å². The lowest BCUT2D eigenvalue weighted by Crippen LogP contribution is -2.38. The van der Waals surface area contributed by atoms with Gasteiger partial charge >= 0.3 is 0 Å². The number of carbonyl (C=O) groups is 1. The number of benzene rings is 1. The highest BCUT2D eigenvalue weighted by Gasteiger charge is 2.19. The van der Waals surface area contributed by atoms with Crippen molar-refractivity contribution >= 4 is 5.91 Å². The number of hydrogen-bond acceptors (Lipinski definition) is 3. The van der Waals surface area contributed by atoms with E-state index in [1.807, 2.05) is 49.3 Å². The Hall–Kier alpha value is -1.39. The quantitative estimate of drug-likeness (QED) is 0.425. The summed E-state index contributed by atoms with van der Waals surface area (Å²) in [5.74, 6) is 4.79. The van der Waals surface area contributed by atoms with Crippen LogP contribution >= 0.6 is 0 Å². The summed E-state index contributed by atoms with van der Waals surface area (Å²) in [7, 11) is 3.86. The Morgan fingerprint density at radius 2 is 2.00 bits per heavy atom. The van der Waals surface area contributed by atoms with Crippen LogP contribution in [0.3, 0.4) is 0 Å². The molecule has 1 amide bonds. The molecule has 0 aliphatic carbocycles. The number of carbonyl (C=O) groups excluding carboxylic acids is 1. The predicted molar refractivity (Wildman–Crippen MR) is 60.1 cm³/mol. The van der Waals surface area contributed by atoms with Crippen molar-refractivity contribution in [3.63, 3.8) is 0 Å². The van der Waals surface area contributed by atoms with Crippen LogP contribution in [-0.4, -0.2) is 31.4 Å². The summed E-state index contributed by atoms with van der Waals surface area (Å²) in [5.41, 5.74) is 3.18. The van der Waals surface area contributed by atoms with Gasteiger partial charge in [-0.15, -0.1) is 0 Å². The third-order valence-corrected chi connectivity index (χ3v) is 2.21. The Bertz CT molecular complexity index is 311. The second-order valence-corrected chi connectivity index (χ2v) is 3.73. The minimum absolute atomic E-state index is 0.157. The molecule has 0 saturated carbocycles. The molecule has 0 bridgehead atoms. The first-order valence-corrected chi connectivity index (χ1v) is 4.85. The maximum Gasteiger partial charge on any atom is 0.242 e. The highest BCUT2D eigenvalue weighted by atomic mass is 16.2. The molecule has 0 heterocycles. The fourth-order valence-corrected chi connectivity index (χ4v) is 1.49. The largest absolute Gasteiger partial charge is 0.308 e. The average molecular weight is 207 g/mol. The van der Waals surface area contributed by atoms with Crippen LogP contribution in [0.2, 0.25) is 0 Å². The van der Waals surface area contributed by atoms with E-state index in [-0.39, 0.29) is 11.8 Å². The summed E-state index contributed by atoms with van der Waals surface area (Å²) in [4.78, 5) is 13.6. The Labute approximate surface area is 90.0 Å². The number of nitrogens with zero attached hydrogens (tertiary/aromatic N) is 1. The molecule has 0 saturated heterocycles. The van der Waals surface area contributed by atoms with Gasteiger partial charge in [-0.05, 0) is 19.7 Å². The van der Waals surface area contributed by atoms with Crippen molar-refractivity contribution in [2.24, 2.45) is 5.84 Å². The molecule has 0 aliphatic rings. The number of hydrogen-bond donors (Lipinski definition) is 2. The standard InChI is InChI=1S/C11H17N3O/c1-14(2)8-10(11(15)13-12)9-6-4-3-5-7-9/h3-7,10H,8,12H2,1-2H3,(H,13,15). The van der Waals surface area contributed by atoms with Gasteiger partial charge in [-0.25, -0.2) is 5.84 Å². The number of hydrazine groups is 1. The maximum atomic E-state index is 11.6. The van der Waals surface area contributed by atoms with Gasteiger partial charge in [-0.1, -0.05) is 30.3 Å². The zero-order valence-corrected chi connectivity index (χ0v) is 9.10. The van der Waals surface area contributed by atoms with Gasteiger partial charge < -0.3 is 4.90 Å². The number of rotatable bonds is 4. The van der Waals surface area contributed by atoms with Crippen molar-refractivity contribution in [3.8, 4) is 0 Å². The second kappa shape index (κ2) is 5.48. The van der Waals surface area contributed by atoms with E-state index < -0.39 is 0 Å². The smallest absolute Gasteiger partial charge is 0.242 e. The van der Waals surface area contributed by atoms with Gasteiger partial charge in [-0.3, -0.25) is 10.2 Å². The Morgan fingerprint density at radius 3 is 2.47 bits per heavy atom. The Kier molecular flexibility index (Phi) is 4.27. The van der Waals surface area contributed by atoms with Crippen LogP contribution in [-0.2, 0) is 4.79 Å². The zero-order valence-electron chi connectivity index (χ0n) is 9.10. The minimum Gasteiger partial charge on any atom is -0.308 e. The zero-order chi connectivity index (χ0) is 11.3. The normalized spacial score (nSPS) is 12.5. The van der Waals surface area contributed by atoms with Crippen LogP contribution in [0.5, 0.6) is 0 Å². The molecule has 4 heteroatoms. The van der Waals surface area contributed by atoms with Gasteiger partial charge in [-0.2, -0.15) is 0 Å². The molecule has 0 aliphatic heterocycles. The van der Waals surface area contributed by atoms with Crippen molar-refractivity contribution in [1.29, 1.82) is 0 Å². The molecular weight excluding hydrogens is 190 g/mol. The predicted octanol–water partition coefficient (Wildman–Crippen LogP) is 0.322. The lowest BCUT2D eigenvalue weighted by atomic mass is 9.98. The summed E-state index contributed by atoms with van der Waals surface area (Å²) >= 11 is 0. The van der Waals surface area contributed by atoms with Crippen molar-refractivity contribution in [1.82, 2.24) is 10.3 Å². The van der Waals surface area contributed by atoms with E-state index in [2.05, 4.69) is 5.43 Å². The highest BCUT2D eigenvalue weighted by molar-refractivity contribution is 5.83. The summed E-state index contributed by atoms with van der Waals surface area (Å²) in [6.45, 7) is 0.646. The summed E-state index contributed by atoms with van der Waals surface area (Å²) in [6, 6.07) is 9.63. The van der Waals surface area contributed by atoms with E-state index in [0.717, 1.165) is 5.56 Å². The van der Waals surface area contributed by atoms with Crippen molar-refractivity contribution in [2.45, 2.75) is 5.92 Å². The molecule has 0 radical (unpaired) electrons. The average Bonchev–Trinajstić information content (AvgIpc) is 2.26. The van der Waals surface area contributed by atoms with E-state index in [1.165, 1.54) is 0 Å². The first-order chi connectivity index (χ1) is 7.15. The van der Waals surface area contributed by atoms with E-state index >= 15 is 0 Å². The van der Waals surface area contributed by atoms with Gasteiger partial charge in [0.2, 0.25) is 5.91 Å². The molecule has 0 aromatic heterocycles. The Balaban J connectivity index is 2.86. The third kappa shape index (κ3) is 3.34. The minimum atomic E-state index is -0.216. The molecule has 1 rings (SSSR count). The van der Waals surface area contributed by atoms with Crippen LogP contribution in [0.4, 0.5) is 0 Å². The lowest BCUT2D eigenvalue weighted by Gasteiger charge is -2.19. The number of nitrogens with one attached hydrogen (secondary N) is 1. The van der Waals surface area contributed by atoms with E-state index in [1.54, 1.807) is 0 Å². The number of amides is 1. The summed E-state index contributed by atoms with van der Waals surface area (Å²) in [5, 5.41) is 0. The summed E-state index contributed by atoms with van der Waals surface area (Å²) < 4.78 is 0. The fourth-order valence-electron chi connectivity index (χ4n) is 1.49. The number of likely N-dealkylation sites (N-methyl/N-ethyl adjacent to an activating group) is 1. The SMILES string of the molecule is CN(C)CC(C(=O)NN)c1ccccc1. The third-order valence-electron chi connectivity index (χ3n) is 2.21. The van der Waals surface area contributed by atoms with Crippen molar-refractivity contribution in [2.75, 3.05) is 20.6 Å². The van der Waals surface area contributed by atoms with Crippen LogP contribution < -0.4 is 11.3 Å². The molecule has 3 N–H and O–H groups in total. The van der Waals surface area contributed by atoms with Gasteiger partial charge in [0.05, 0.1) is 5.92 Å². The van der Waals surface area contributed by atoms with Crippen LogP contribution in [0.15, 0.2) is 30.3 Å². The van der Waals surface area contributed by atoms with E-state index in [4.69, 9.17) is 5.84 Å². The molecule has 82 valence electrons. The lowest BCUT2D eigenvalue weighted by molar-refractivity contribution is -0.122. The summed E-state index contributed by atoms with van der Waals surface area (Å²) in [6.07, 6.45) is 0. The fraction of sp³-hybridized carbons (Fsp3) is 0.364. The molecule has 1 aromatic carbocycles. The molecule has 1 atom stereocenters. The first-order valence-electron chi connectivity index (χ1n) is 4.85. The van der Waals surface area contributed by atoms with Crippen molar-refractivity contribution < 1.29 is 4.79 Å².